The van der Waals surface area contributed by atoms with E-state index in [1.807, 2.05) is 20.8 Å². The molecule has 0 aromatic carbocycles. The van der Waals surface area contributed by atoms with Gasteiger partial charge in [-0.1, -0.05) is 0 Å². The van der Waals surface area contributed by atoms with Gasteiger partial charge in [0.15, 0.2) is 5.75 Å². The number of amides is 2. The van der Waals surface area contributed by atoms with Gasteiger partial charge in [0.1, 0.15) is 17.0 Å². The second-order valence-electron chi connectivity index (χ2n) is 9.69. The van der Waals surface area contributed by atoms with Crippen molar-refractivity contribution in [2.45, 2.75) is 71.6 Å². The smallest absolute Gasteiger partial charge is 0.416 e. The summed E-state index contributed by atoms with van der Waals surface area (Å²) in [5.41, 5.74) is -1.30. The van der Waals surface area contributed by atoms with Crippen LogP contribution in [-0.4, -0.2) is 67.1 Å². The van der Waals surface area contributed by atoms with Crippen LogP contribution >= 0.6 is 0 Å². The van der Waals surface area contributed by atoms with Crippen molar-refractivity contribution in [3.05, 3.63) is 18.3 Å². The third-order valence-corrected chi connectivity index (χ3v) is 4.78. The molecule has 1 aliphatic rings. The lowest BCUT2D eigenvalue weighted by Gasteiger charge is -2.38. The molecule has 2 rings (SSSR count). The fourth-order valence-corrected chi connectivity index (χ4v) is 3.56. The highest BCUT2D eigenvalue weighted by atomic mass is 32.2. The van der Waals surface area contributed by atoms with E-state index in [9.17, 15) is 18.0 Å². The molecule has 180 valence electrons. The highest BCUT2D eigenvalue weighted by Crippen LogP contribution is 2.27. The number of nitrogens with zero attached hydrogens (tertiary/aromatic N) is 3. The Morgan fingerprint density at radius 3 is 2.03 bits per heavy atom. The van der Waals surface area contributed by atoms with Gasteiger partial charge in [0.2, 0.25) is 0 Å². The number of likely N-dealkylation sites (tertiary alicyclic amines) is 1. The summed E-state index contributed by atoms with van der Waals surface area (Å²) in [7, 11) is -3.69. The lowest BCUT2D eigenvalue weighted by atomic mass is 10.0. The topological polar surface area (TPSA) is 115 Å². The van der Waals surface area contributed by atoms with Crippen molar-refractivity contribution in [3.63, 3.8) is 0 Å². The van der Waals surface area contributed by atoms with Gasteiger partial charge >= 0.3 is 22.3 Å². The molecule has 1 aromatic rings. The van der Waals surface area contributed by atoms with E-state index >= 15 is 0 Å². The van der Waals surface area contributed by atoms with Crippen molar-refractivity contribution in [2.75, 3.05) is 24.2 Å². The van der Waals surface area contributed by atoms with Crippen molar-refractivity contribution in [1.29, 1.82) is 0 Å². The number of pyridine rings is 1. The Morgan fingerprint density at radius 1 is 1.03 bits per heavy atom. The minimum absolute atomic E-state index is 0.0418. The van der Waals surface area contributed by atoms with Crippen LogP contribution < -0.4 is 9.08 Å². The molecule has 2 heterocycles. The molecule has 32 heavy (non-hydrogen) atoms. The van der Waals surface area contributed by atoms with Crippen molar-refractivity contribution in [2.24, 2.45) is 0 Å². The molecule has 0 spiro atoms. The molecule has 1 aliphatic heterocycles. The number of piperidine rings is 1. The van der Waals surface area contributed by atoms with E-state index in [0.29, 0.717) is 31.7 Å². The molecule has 0 aliphatic carbocycles. The van der Waals surface area contributed by atoms with E-state index in [4.69, 9.17) is 13.7 Å². The van der Waals surface area contributed by atoms with Crippen LogP contribution in [0.5, 0.6) is 5.75 Å². The van der Waals surface area contributed by atoms with Gasteiger partial charge in [0, 0.05) is 19.1 Å². The number of carbonyl (C=O) groups excluding carboxylic acids is 2. The highest BCUT2D eigenvalue weighted by molar-refractivity contribution is 7.86. The van der Waals surface area contributed by atoms with E-state index in [0.717, 1.165) is 6.26 Å². The van der Waals surface area contributed by atoms with Gasteiger partial charge in [-0.2, -0.15) is 8.42 Å². The number of anilines is 1. The number of hydrogen-bond donors (Lipinski definition) is 0. The van der Waals surface area contributed by atoms with Gasteiger partial charge in [-0.25, -0.2) is 14.6 Å². The highest BCUT2D eigenvalue weighted by Gasteiger charge is 2.35. The van der Waals surface area contributed by atoms with Gasteiger partial charge in [-0.3, -0.25) is 4.90 Å². The predicted molar refractivity (Wildman–Crippen MR) is 119 cm³/mol. The standard InChI is InChI=1S/C21H33N3O7S/c1-20(2,3)29-18(25)23-12-10-15(11-13-23)24(19(26)30-21(4,5)6)17-9-8-16(14-22-17)31-32(7,27)28/h8-9,14-15H,10-13H2,1-7H3. The molecule has 0 bridgehead atoms. The number of hydrogen-bond acceptors (Lipinski definition) is 8. The zero-order valence-corrected chi connectivity index (χ0v) is 20.6. The molecule has 2 amide bonds. The molecule has 0 atom stereocenters. The Kier molecular flexibility index (Phi) is 7.64. The van der Waals surface area contributed by atoms with Crippen molar-refractivity contribution in [3.8, 4) is 5.75 Å². The van der Waals surface area contributed by atoms with Gasteiger partial charge in [0.25, 0.3) is 0 Å². The first-order valence-corrected chi connectivity index (χ1v) is 12.2. The first-order valence-electron chi connectivity index (χ1n) is 10.4. The summed E-state index contributed by atoms with van der Waals surface area (Å²) in [5, 5.41) is 0. The number of aromatic nitrogens is 1. The molecule has 0 radical (unpaired) electrons. The van der Waals surface area contributed by atoms with E-state index in [2.05, 4.69) is 4.98 Å². The summed E-state index contributed by atoms with van der Waals surface area (Å²) in [6.45, 7) is 11.6. The molecule has 1 saturated heterocycles. The summed E-state index contributed by atoms with van der Waals surface area (Å²) in [6, 6.07) is 2.67. The maximum absolute atomic E-state index is 13.0. The lowest BCUT2D eigenvalue weighted by molar-refractivity contribution is 0.0200. The van der Waals surface area contributed by atoms with Gasteiger partial charge in [-0.05, 0) is 66.5 Å². The summed E-state index contributed by atoms with van der Waals surface area (Å²) in [4.78, 5) is 32.6. The fourth-order valence-electron chi connectivity index (χ4n) is 3.11. The summed E-state index contributed by atoms with van der Waals surface area (Å²) >= 11 is 0. The monoisotopic (exact) mass is 471 g/mol. The van der Waals surface area contributed by atoms with E-state index < -0.39 is 27.4 Å². The average molecular weight is 472 g/mol. The number of carbonyl (C=O) groups is 2. The van der Waals surface area contributed by atoms with Gasteiger partial charge < -0.3 is 18.6 Å². The Morgan fingerprint density at radius 2 is 1.59 bits per heavy atom. The van der Waals surface area contributed by atoms with Crippen LogP contribution in [0, 0.1) is 0 Å². The molecule has 0 saturated carbocycles. The van der Waals surface area contributed by atoms with E-state index in [1.54, 1.807) is 25.7 Å². The van der Waals surface area contributed by atoms with Crippen LogP contribution in [0.3, 0.4) is 0 Å². The third kappa shape index (κ3) is 8.18. The minimum Gasteiger partial charge on any atom is -0.444 e. The Bertz CT molecular complexity index is 910. The summed E-state index contributed by atoms with van der Waals surface area (Å²) < 4.78 is 38.5. The molecule has 0 N–H and O–H groups in total. The maximum atomic E-state index is 13.0. The van der Waals surface area contributed by atoms with E-state index in [-0.39, 0.29) is 17.9 Å². The second-order valence-corrected chi connectivity index (χ2v) is 11.3. The number of ether oxygens (including phenoxy) is 2. The Balaban J connectivity index is 2.20. The average Bonchev–Trinajstić information content (AvgIpc) is 2.60. The zero-order valence-electron chi connectivity index (χ0n) is 19.7. The van der Waals surface area contributed by atoms with Crippen LogP contribution in [0.4, 0.5) is 15.4 Å². The molecule has 1 fully saturated rings. The first-order chi connectivity index (χ1) is 14.5. The first kappa shape index (κ1) is 25.7. The Labute approximate surface area is 190 Å². The SMILES string of the molecule is CC(C)(C)OC(=O)N1CCC(N(C(=O)OC(C)(C)C)c2ccc(OS(C)(=O)=O)cn2)CC1. The second kappa shape index (κ2) is 9.51. The van der Waals surface area contributed by atoms with Gasteiger partial charge in [-0.15, -0.1) is 0 Å². The summed E-state index contributed by atoms with van der Waals surface area (Å²) in [5.74, 6) is 0.343. The van der Waals surface area contributed by atoms with Crippen LogP contribution in [0.1, 0.15) is 54.4 Å². The Hall–Kier alpha value is -2.56. The third-order valence-electron chi connectivity index (χ3n) is 4.29. The zero-order chi connectivity index (χ0) is 24.3. The lowest BCUT2D eigenvalue weighted by Crippen LogP contribution is -2.51. The van der Waals surface area contributed by atoms with Crippen molar-refractivity contribution >= 4 is 28.1 Å². The molecule has 1 aromatic heterocycles. The largest absolute Gasteiger partial charge is 0.444 e. The molecule has 11 heteroatoms. The molecular weight excluding hydrogens is 438 g/mol. The molecule has 10 nitrogen and oxygen atoms in total. The predicted octanol–water partition coefficient (Wildman–Crippen LogP) is 3.56. The molecule has 0 unspecified atom stereocenters. The summed E-state index contributed by atoms with van der Waals surface area (Å²) in [6.07, 6.45) is 2.22. The normalized spacial score (nSPS) is 15.8. The van der Waals surface area contributed by atoms with Crippen LogP contribution in [0.2, 0.25) is 0 Å². The van der Waals surface area contributed by atoms with Gasteiger partial charge in [0.05, 0.1) is 12.5 Å². The maximum Gasteiger partial charge on any atom is 0.416 e. The minimum atomic E-state index is -3.69. The number of rotatable bonds is 4. The van der Waals surface area contributed by atoms with Crippen LogP contribution in [0.25, 0.3) is 0 Å². The van der Waals surface area contributed by atoms with Crippen molar-refractivity contribution in [1.82, 2.24) is 9.88 Å². The fraction of sp³-hybridized carbons (Fsp3) is 0.667. The van der Waals surface area contributed by atoms with E-state index in [1.165, 1.54) is 23.2 Å². The quantitative estimate of drug-likeness (QED) is 0.612. The van der Waals surface area contributed by atoms with Crippen LogP contribution in [-0.2, 0) is 19.6 Å². The van der Waals surface area contributed by atoms with Crippen LogP contribution in [0.15, 0.2) is 18.3 Å². The van der Waals surface area contributed by atoms with Crippen molar-refractivity contribution < 1.29 is 31.7 Å². The molecular formula is C21H33N3O7S.